The van der Waals surface area contributed by atoms with Crippen LogP contribution in [0.5, 0.6) is 0 Å². The highest BCUT2D eigenvalue weighted by Crippen LogP contribution is 2.51. The van der Waals surface area contributed by atoms with Gasteiger partial charge in [-0.15, -0.1) is 0 Å². The number of hydrogen-bond acceptors (Lipinski definition) is 3. The number of nitrogens with zero attached hydrogens (tertiary/aromatic N) is 1. The average molecular weight is 376 g/mol. The van der Waals surface area contributed by atoms with E-state index in [1.165, 1.54) is 25.7 Å². The first-order valence-electron chi connectivity index (χ1n) is 11.4. The minimum atomic E-state index is -0.650. The van der Waals surface area contributed by atoms with Crippen molar-refractivity contribution < 1.29 is 14.3 Å². The van der Waals surface area contributed by atoms with Crippen LogP contribution in [-0.2, 0) is 14.3 Å². The highest BCUT2D eigenvalue weighted by molar-refractivity contribution is 5.92. The Kier molecular flexibility index (Phi) is 5.28. The largest absolute Gasteiger partial charge is 0.460 e. The van der Waals surface area contributed by atoms with E-state index in [0.29, 0.717) is 42.4 Å². The highest BCUT2D eigenvalue weighted by atomic mass is 16.5. The predicted molar refractivity (Wildman–Crippen MR) is 105 cm³/mol. The fraction of sp³-hybridized carbons (Fsp3) is 0.913. The molecule has 2 aliphatic carbocycles. The average Bonchev–Trinajstić information content (AvgIpc) is 3.00. The maximum atomic E-state index is 13.7. The molecule has 1 amide bonds. The van der Waals surface area contributed by atoms with Gasteiger partial charge in [-0.3, -0.25) is 4.79 Å². The third-order valence-electron chi connectivity index (χ3n) is 8.32. The molecule has 0 radical (unpaired) electrons. The van der Waals surface area contributed by atoms with Gasteiger partial charge in [-0.25, -0.2) is 4.79 Å². The van der Waals surface area contributed by atoms with E-state index in [2.05, 4.69) is 20.8 Å². The molecule has 0 aromatic heterocycles. The summed E-state index contributed by atoms with van der Waals surface area (Å²) in [5, 5.41) is 0. The first-order chi connectivity index (χ1) is 12.9. The van der Waals surface area contributed by atoms with Gasteiger partial charge in [-0.05, 0) is 61.7 Å². The topological polar surface area (TPSA) is 46.6 Å². The lowest BCUT2D eigenvalue weighted by molar-refractivity contribution is -0.182. The molecule has 2 saturated heterocycles. The summed E-state index contributed by atoms with van der Waals surface area (Å²) in [6, 6.07) is 0. The fourth-order valence-electron chi connectivity index (χ4n) is 6.83. The van der Waals surface area contributed by atoms with Gasteiger partial charge in [0.05, 0.1) is 0 Å². The summed E-state index contributed by atoms with van der Waals surface area (Å²) in [6.07, 6.45) is 10.4. The van der Waals surface area contributed by atoms with Gasteiger partial charge in [0.1, 0.15) is 11.6 Å². The van der Waals surface area contributed by atoms with Crippen molar-refractivity contribution in [2.45, 2.75) is 96.6 Å². The molecule has 4 rings (SSSR count). The van der Waals surface area contributed by atoms with E-state index in [4.69, 9.17) is 4.74 Å². The molecule has 6 atom stereocenters. The van der Waals surface area contributed by atoms with Crippen LogP contribution in [0.3, 0.4) is 0 Å². The van der Waals surface area contributed by atoms with Crippen LogP contribution in [0.4, 0.5) is 0 Å². The first kappa shape index (κ1) is 19.3. The van der Waals surface area contributed by atoms with Gasteiger partial charge >= 0.3 is 5.97 Å². The van der Waals surface area contributed by atoms with Crippen molar-refractivity contribution in [2.24, 2.45) is 29.6 Å². The second-order valence-electron chi connectivity index (χ2n) is 10.2. The summed E-state index contributed by atoms with van der Waals surface area (Å²) in [4.78, 5) is 28.3. The summed E-state index contributed by atoms with van der Waals surface area (Å²) < 4.78 is 6.34. The van der Waals surface area contributed by atoms with E-state index >= 15 is 0 Å². The monoisotopic (exact) mass is 375 g/mol. The zero-order valence-electron chi connectivity index (χ0n) is 17.4. The second-order valence-corrected chi connectivity index (χ2v) is 10.2. The lowest BCUT2D eigenvalue weighted by Crippen LogP contribution is -2.64. The molecule has 4 aliphatic rings. The number of carbonyl (C=O) groups is 2. The van der Waals surface area contributed by atoms with E-state index in [9.17, 15) is 9.59 Å². The first-order valence-corrected chi connectivity index (χ1v) is 11.4. The van der Waals surface area contributed by atoms with Gasteiger partial charge in [0.25, 0.3) is 0 Å². The number of hydrogen-bond donors (Lipinski definition) is 0. The molecule has 0 bridgehead atoms. The van der Waals surface area contributed by atoms with Crippen LogP contribution >= 0.6 is 0 Å². The summed E-state index contributed by atoms with van der Waals surface area (Å²) in [5.41, 5.74) is -0.650. The quantitative estimate of drug-likeness (QED) is 0.679. The van der Waals surface area contributed by atoms with Crippen molar-refractivity contribution in [3.8, 4) is 0 Å². The van der Waals surface area contributed by atoms with Crippen molar-refractivity contribution >= 4 is 11.9 Å². The van der Waals surface area contributed by atoms with Crippen LogP contribution in [0.25, 0.3) is 0 Å². The van der Waals surface area contributed by atoms with Gasteiger partial charge in [0, 0.05) is 13.0 Å². The molecule has 2 aliphatic heterocycles. The van der Waals surface area contributed by atoms with Gasteiger partial charge in [-0.2, -0.15) is 0 Å². The third-order valence-corrected chi connectivity index (χ3v) is 8.32. The standard InChI is InChI=1S/C23H37NO3/c1-15(2)18-9-8-16(3)14-20(18)27-22(26)23-12-10-21(25)24(23)13-11-17-6-4-5-7-19(17)23/h15-20H,4-14H2,1-3H3/t16-,17?,18+,19?,20-,23?/m0/s1. The number of piperidine rings is 1. The van der Waals surface area contributed by atoms with E-state index in [0.717, 1.165) is 32.2 Å². The van der Waals surface area contributed by atoms with Crippen molar-refractivity contribution in [3.05, 3.63) is 0 Å². The molecule has 0 N–H and O–H groups in total. The zero-order chi connectivity index (χ0) is 19.2. The molecule has 152 valence electrons. The number of carbonyl (C=O) groups excluding carboxylic acids is 2. The third kappa shape index (κ3) is 3.21. The molecule has 4 fully saturated rings. The molecule has 3 unspecified atom stereocenters. The maximum absolute atomic E-state index is 13.7. The minimum Gasteiger partial charge on any atom is -0.460 e. The van der Waals surface area contributed by atoms with Gasteiger partial charge < -0.3 is 9.64 Å². The fourth-order valence-corrected chi connectivity index (χ4v) is 6.83. The van der Waals surface area contributed by atoms with Gasteiger partial charge in [-0.1, -0.05) is 46.5 Å². The Bertz CT molecular complexity index is 588. The van der Waals surface area contributed by atoms with E-state index in [1.54, 1.807) is 0 Å². The lowest BCUT2D eigenvalue weighted by Gasteiger charge is -2.52. The molecular weight excluding hydrogens is 338 g/mol. The molecule has 4 heteroatoms. The molecule has 2 saturated carbocycles. The Labute approximate surface area is 164 Å². The Morgan fingerprint density at radius 1 is 1.15 bits per heavy atom. The van der Waals surface area contributed by atoms with Crippen LogP contribution in [0, 0.1) is 29.6 Å². The van der Waals surface area contributed by atoms with Gasteiger partial charge in [0.15, 0.2) is 0 Å². The lowest BCUT2D eigenvalue weighted by atomic mass is 9.64. The highest BCUT2D eigenvalue weighted by Gasteiger charge is 2.61. The molecule has 27 heavy (non-hydrogen) atoms. The molecule has 0 aromatic rings. The van der Waals surface area contributed by atoms with Crippen molar-refractivity contribution in [2.75, 3.05) is 6.54 Å². The number of esters is 1. The van der Waals surface area contributed by atoms with Crippen LogP contribution in [-0.4, -0.2) is 35.0 Å². The Morgan fingerprint density at radius 3 is 2.70 bits per heavy atom. The number of ether oxygens (including phenoxy) is 1. The second kappa shape index (κ2) is 7.40. The molecular formula is C23H37NO3. The van der Waals surface area contributed by atoms with E-state index in [-0.39, 0.29) is 18.0 Å². The summed E-state index contributed by atoms with van der Waals surface area (Å²) >= 11 is 0. The molecule has 4 nitrogen and oxygen atoms in total. The SMILES string of the molecule is CC(C)[C@H]1CC[C@H](C)C[C@@H]1OC(=O)C12CCC(=O)N1CCC1CCCCC12. The summed E-state index contributed by atoms with van der Waals surface area (Å²) in [6.45, 7) is 7.54. The molecule has 0 aromatic carbocycles. The molecule has 2 heterocycles. The van der Waals surface area contributed by atoms with Crippen LogP contribution in [0.1, 0.15) is 85.0 Å². The molecule has 0 spiro atoms. The van der Waals surface area contributed by atoms with Crippen molar-refractivity contribution in [3.63, 3.8) is 0 Å². The van der Waals surface area contributed by atoms with Crippen LogP contribution in [0.15, 0.2) is 0 Å². The van der Waals surface area contributed by atoms with Crippen LogP contribution in [0.2, 0.25) is 0 Å². The Hall–Kier alpha value is -1.06. The maximum Gasteiger partial charge on any atom is 0.332 e. The normalized spacial score (nSPS) is 42.0. The van der Waals surface area contributed by atoms with Crippen molar-refractivity contribution in [1.29, 1.82) is 0 Å². The van der Waals surface area contributed by atoms with E-state index in [1.807, 2.05) is 4.90 Å². The number of amides is 1. The summed E-state index contributed by atoms with van der Waals surface area (Å²) in [5.74, 6) is 2.63. The minimum absolute atomic E-state index is 0.0251. The Balaban J connectivity index is 1.60. The zero-order valence-corrected chi connectivity index (χ0v) is 17.4. The predicted octanol–water partition coefficient (Wildman–Crippen LogP) is 4.56. The van der Waals surface area contributed by atoms with Crippen LogP contribution < -0.4 is 0 Å². The Morgan fingerprint density at radius 2 is 1.93 bits per heavy atom. The van der Waals surface area contributed by atoms with E-state index < -0.39 is 5.54 Å². The van der Waals surface area contributed by atoms with Gasteiger partial charge in [0.2, 0.25) is 5.91 Å². The number of rotatable bonds is 3. The summed E-state index contributed by atoms with van der Waals surface area (Å²) in [7, 11) is 0. The smallest absolute Gasteiger partial charge is 0.332 e. The number of fused-ring (bicyclic) bond motifs is 3. The van der Waals surface area contributed by atoms with Crippen molar-refractivity contribution in [1.82, 2.24) is 4.90 Å².